The first-order valence-electron chi connectivity index (χ1n) is 14.7. The molecule has 0 radical (unpaired) electrons. The van der Waals surface area contributed by atoms with Crippen molar-refractivity contribution < 1.29 is 43.4 Å². The molecule has 0 bridgehead atoms. The van der Waals surface area contributed by atoms with E-state index in [9.17, 15) is 29.1 Å². The monoisotopic (exact) mass is 743 g/mol. The number of thioether (sulfide) groups is 2. The Morgan fingerprint density at radius 2 is 1.88 bits per heavy atom. The van der Waals surface area contributed by atoms with Gasteiger partial charge in [0, 0.05) is 36.1 Å². The molecule has 4 rings (SSSR count). The molecular formula is C26H37N11O9S3. The van der Waals surface area contributed by atoms with E-state index in [-0.39, 0.29) is 42.1 Å². The molecule has 2 fully saturated rings. The second-order valence-electron chi connectivity index (χ2n) is 12.9. The molecule has 3 atom stereocenters. The van der Waals surface area contributed by atoms with Crippen LogP contribution in [-0.4, -0.2) is 129 Å². The highest BCUT2D eigenvalue weighted by molar-refractivity contribution is 8.00. The molecule has 5 N–H and O–H groups in total. The number of carbonyl (C=O) groups is 5. The number of tetrazole rings is 1. The number of nitrogen functional groups attached to an aromatic ring is 1. The molecule has 20 nitrogen and oxygen atoms in total. The highest BCUT2D eigenvalue weighted by atomic mass is 32.2. The van der Waals surface area contributed by atoms with Crippen molar-refractivity contribution in [1.82, 2.24) is 45.1 Å². The summed E-state index contributed by atoms with van der Waals surface area (Å²) in [4.78, 5) is 73.4. The number of carboxylic acids is 1. The van der Waals surface area contributed by atoms with E-state index in [0.717, 1.165) is 23.3 Å². The molecule has 0 aliphatic carbocycles. The van der Waals surface area contributed by atoms with Gasteiger partial charge < -0.3 is 40.7 Å². The molecule has 0 spiro atoms. The molecule has 268 valence electrons. The molecule has 2 aliphatic heterocycles. The number of aromatic nitrogens is 6. The summed E-state index contributed by atoms with van der Waals surface area (Å²) in [6.45, 7) is 9.92. The SMILES string of the molecule is CC(C)(C)OC(=O)CON=C(C(=O)NC1C(=O)N2CC(CSc3nnnn3CCNC(=O)OC(C)(C)C)(C(=O)O)CS[C@H]12)c1nsc(N)n1. The Morgan fingerprint density at radius 1 is 1.16 bits per heavy atom. The fourth-order valence-corrected chi connectivity index (χ4v) is 7.57. The molecule has 0 aromatic carbocycles. The van der Waals surface area contributed by atoms with Crippen molar-refractivity contribution in [3.8, 4) is 0 Å². The number of nitrogens with two attached hydrogens (primary N) is 1. The second kappa shape index (κ2) is 15.1. The zero-order chi connectivity index (χ0) is 36.1. The topological polar surface area (TPSA) is 268 Å². The summed E-state index contributed by atoms with van der Waals surface area (Å²) in [5.41, 5.74) is 2.48. The van der Waals surface area contributed by atoms with Crippen LogP contribution in [0.1, 0.15) is 47.4 Å². The van der Waals surface area contributed by atoms with Gasteiger partial charge in [-0.1, -0.05) is 16.9 Å². The van der Waals surface area contributed by atoms with Gasteiger partial charge in [0.25, 0.3) is 5.91 Å². The Kier molecular flexibility index (Phi) is 11.6. The van der Waals surface area contributed by atoms with Crippen LogP contribution in [0.5, 0.6) is 0 Å². The van der Waals surface area contributed by atoms with Crippen molar-refractivity contribution in [2.45, 2.75) is 75.9 Å². The van der Waals surface area contributed by atoms with E-state index in [1.165, 1.54) is 21.3 Å². The Hall–Kier alpha value is -4.25. The number of ether oxygens (including phenoxy) is 2. The van der Waals surface area contributed by atoms with Crippen LogP contribution in [-0.2, 0) is 40.0 Å². The summed E-state index contributed by atoms with van der Waals surface area (Å²) in [6.07, 6.45) is -0.596. The minimum absolute atomic E-state index is 0.0332. The number of anilines is 1. The van der Waals surface area contributed by atoms with Gasteiger partial charge in [0.15, 0.2) is 5.13 Å². The average Bonchev–Trinajstić information content (AvgIpc) is 3.63. The predicted octanol–water partition coefficient (Wildman–Crippen LogP) is -0.0429. The van der Waals surface area contributed by atoms with Crippen molar-refractivity contribution in [2.24, 2.45) is 10.6 Å². The number of fused-ring (bicyclic) bond motifs is 1. The first-order valence-corrected chi connectivity index (χ1v) is 17.5. The molecule has 49 heavy (non-hydrogen) atoms. The molecule has 2 saturated heterocycles. The summed E-state index contributed by atoms with van der Waals surface area (Å²) in [7, 11) is 0. The fourth-order valence-electron chi connectivity index (χ4n) is 4.37. The average molecular weight is 744 g/mol. The summed E-state index contributed by atoms with van der Waals surface area (Å²) in [5, 5.41) is 30.6. The van der Waals surface area contributed by atoms with Gasteiger partial charge in [-0.3, -0.25) is 14.4 Å². The van der Waals surface area contributed by atoms with Crippen LogP contribution in [0.15, 0.2) is 10.3 Å². The van der Waals surface area contributed by atoms with Crippen molar-refractivity contribution in [2.75, 3.05) is 36.9 Å². The number of alkyl carbamates (subject to hydrolysis) is 1. The lowest BCUT2D eigenvalue weighted by Crippen LogP contribution is -2.74. The standard InChI is InChI=1S/C26H37N11O9S3/c1-24(2,3)45-13(38)9-44-32-14(16-30-21(27)49-33-16)17(39)29-15-18(40)36-10-26(20(41)42,11-47-19(15)36)12-48-22-31-34-35-37(22)8-7-28-23(43)46-25(4,5)6/h15,19H,7-12H2,1-6H3,(H,28,43)(H,29,39)(H,41,42)(H2,27,30,33)/t15?,19-,26?/m1/s1. The Balaban J connectivity index is 1.35. The molecule has 2 unspecified atom stereocenters. The molecular weight excluding hydrogens is 707 g/mol. The Morgan fingerprint density at radius 3 is 2.51 bits per heavy atom. The van der Waals surface area contributed by atoms with Crippen LogP contribution in [0.4, 0.5) is 9.93 Å². The number of amides is 3. The maximum atomic E-state index is 13.3. The predicted molar refractivity (Wildman–Crippen MR) is 175 cm³/mol. The number of carbonyl (C=O) groups excluding carboxylic acids is 4. The number of esters is 1. The van der Waals surface area contributed by atoms with Crippen molar-refractivity contribution in [3.05, 3.63) is 5.82 Å². The largest absolute Gasteiger partial charge is 0.481 e. The van der Waals surface area contributed by atoms with E-state index < -0.39 is 70.2 Å². The van der Waals surface area contributed by atoms with Gasteiger partial charge in [-0.05, 0) is 52.0 Å². The number of rotatable bonds is 13. The fraction of sp³-hybridized carbons (Fsp3) is 0.654. The van der Waals surface area contributed by atoms with Gasteiger partial charge in [0.2, 0.25) is 29.2 Å². The lowest BCUT2D eigenvalue weighted by atomic mass is 9.89. The van der Waals surface area contributed by atoms with Gasteiger partial charge in [-0.25, -0.2) is 14.3 Å². The van der Waals surface area contributed by atoms with Gasteiger partial charge in [0.1, 0.15) is 28.0 Å². The van der Waals surface area contributed by atoms with Crippen LogP contribution < -0.4 is 16.4 Å². The summed E-state index contributed by atoms with van der Waals surface area (Å²) < 4.78 is 15.8. The molecule has 4 heterocycles. The first kappa shape index (κ1) is 37.6. The number of oxime groups is 1. The molecule has 2 aromatic heterocycles. The quantitative estimate of drug-likeness (QED) is 0.0689. The van der Waals surface area contributed by atoms with Crippen LogP contribution in [0.25, 0.3) is 0 Å². The van der Waals surface area contributed by atoms with E-state index in [1.54, 1.807) is 41.5 Å². The normalized spacial score (nSPS) is 20.9. The van der Waals surface area contributed by atoms with Crippen LogP contribution in [0.2, 0.25) is 0 Å². The molecule has 2 aromatic rings. The van der Waals surface area contributed by atoms with Crippen molar-refractivity contribution in [1.29, 1.82) is 0 Å². The van der Waals surface area contributed by atoms with Crippen LogP contribution in [0.3, 0.4) is 0 Å². The Bertz CT molecular complexity index is 1600. The van der Waals surface area contributed by atoms with Gasteiger partial charge in [-0.15, -0.1) is 16.9 Å². The Labute approximate surface area is 292 Å². The van der Waals surface area contributed by atoms with E-state index in [4.69, 9.17) is 20.0 Å². The lowest BCUT2D eigenvalue weighted by Gasteiger charge is -2.53. The highest BCUT2D eigenvalue weighted by Gasteiger charge is 2.57. The zero-order valence-electron chi connectivity index (χ0n) is 27.5. The first-order chi connectivity index (χ1) is 22.9. The number of hydrogen-bond acceptors (Lipinski definition) is 18. The van der Waals surface area contributed by atoms with E-state index in [0.29, 0.717) is 5.16 Å². The third-order valence-electron chi connectivity index (χ3n) is 6.48. The molecule has 23 heteroatoms. The van der Waals surface area contributed by atoms with Crippen LogP contribution in [0, 0.1) is 5.41 Å². The van der Waals surface area contributed by atoms with Gasteiger partial charge in [-0.2, -0.15) is 9.36 Å². The van der Waals surface area contributed by atoms with Crippen molar-refractivity contribution in [3.63, 3.8) is 0 Å². The second-order valence-corrected chi connectivity index (χ2v) is 15.7. The van der Waals surface area contributed by atoms with E-state index in [1.807, 2.05) is 0 Å². The van der Waals surface area contributed by atoms with E-state index >= 15 is 0 Å². The molecule has 2 aliphatic rings. The van der Waals surface area contributed by atoms with Crippen LogP contribution >= 0.6 is 35.1 Å². The molecule has 3 amide bonds. The highest BCUT2D eigenvalue weighted by Crippen LogP contribution is 2.44. The number of carboxylic acid groups (broad SMARTS) is 1. The smallest absolute Gasteiger partial charge is 0.407 e. The number of hydrogen-bond donors (Lipinski definition) is 4. The lowest BCUT2D eigenvalue weighted by molar-refractivity contribution is -0.160. The summed E-state index contributed by atoms with van der Waals surface area (Å²) in [5.74, 6) is -3.22. The molecule has 0 saturated carbocycles. The van der Waals surface area contributed by atoms with Crippen molar-refractivity contribution >= 4 is 75.7 Å². The zero-order valence-corrected chi connectivity index (χ0v) is 29.9. The maximum Gasteiger partial charge on any atom is 0.407 e. The summed E-state index contributed by atoms with van der Waals surface area (Å²) in [6, 6.07) is -1.01. The van der Waals surface area contributed by atoms with E-state index in [2.05, 4.69) is 40.7 Å². The third-order valence-corrected chi connectivity index (χ3v) is 9.86. The number of nitrogens with one attached hydrogen (secondary N) is 2. The number of nitrogens with zero attached hydrogens (tertiary/aromatic N) is 8. The summed E-state index contributed by atoms with van der Waals surface area (Å²) >= 11 is 3.11. The third kappa shape index (κ3) is 9.90. The minimum atomic E-state index is -1.35. The van der Waals surface area contributed by atoms with Gasteiger partial charge >= 0.3 is 18.0 Å². The number of aliphatic carboxylic acids is 1. The van der Waals surface area contributed by atoms with Gasteiger partial charge in [0.05, 0.1) is 6.54 Å². The minimum Gasteiger partial charge on any atom is -0.481 e. The number of β-lactam (4-membered cyclic amide) rings is 1. The maximum absolute atomic E-state index is 13.3.